The number of aryl methyl sites for hydroxylation is 1. The third kappa shape index (κ3) is 3.73. The maximum absolute atomic E-state index is 12.9. The smallest absolute Gasteiger partial charge is 0.318 e. The Morgan fingerprint density at radius 1 is 1.29 bits per heavy atom. The van der Waals surface area contributed by atoms with Crippen LogP contribution in [0.15, 0.2) is 47.3 Å². The van der Waals surface area contributed by atoms with Crippen LogP contribution in [0.5, 0.6) is 0 Å². The van der Waals surface area contributed by atoms with Crippen LogP contribution < -0.4 is 10.9 Å². The number of halogens is 1. The molecule has 7 heteroatoms. The highest BCUT2D eigenvalue weighted by Crippen LogP contribution is 2.22. The highest BCUT2D eigenvalue weighted by molar-refractivity contribution is 6.31. The van der Waals surface area contributed by atoms with E-state index >= 15 is 0 Å². The van der Waals surface area contributed by atoms with Gasteiger partial charge in [-0.3, -0.25) is 9.36 Å². The number of nitrogens with zero attached hydrogens (tertiary/aromatic N) is 3. The summed E-state index contributed by atoms with van der Waals surface area (Å²) in [7, 11) is 1.69. The molecule has 0 saturated carbocycles. The molecule has 1 heterocycles. The summed E-state index contributed by atoms with van der Waals surface area (Å²) in [6.07, 6.45) is 0. The van der Waals surface area contributed by atoms with Gasteiger partial charge in [0.1, 0.15) is 5.82 Å². The lowest BCUT2D eigenvalue weighted by Gasteiger charge is -2.27. The summed E-state index contributed by atoms with van der Waals surface area (Å²) in [5.41, 5.74) is 2.13. The Labute approximate surface area is 168 Å². The molecule has 1 atom stereocenters. The zero-order chi connectivity index (χ0) is 20.4. The van der Waals surface area contributed by atoms with Crippen LogP contribution in [0.4, 0.5) is 10.5 Å². The zero-order valence-electron chi connectivity index (χ0n) is 16.4. The van der Waals surface area contributed by atoms with Crippen LogP contribution in [0.1, 0.15) is 31.3 Å². The lowest BCUT2D eigenvalue weighted by atomic mass is 10.2. The van der Waals surface area contributed by atoms with Crippen molar-refractivity contribution in [3.63, 3.8) is 0 Å². The lowest BCUT2D eigenvalue weighted by molar-refractivity contribution is 0.204. The molecule has 0 spiro atoms. The highest BCUT2D eigenvalue weighted by Gasteiger charge is 2.23. The summed E-state index contributed by atoms with van der Waals surface area (Å²) in [6, 6.07) is 12.0. The van der Waals surface area contributed by atoms with E-state index in [1.54, 1.807) is 34.7 Å². The van der Waals surface area contributed by atoms with Gasteiger partial charge in [0.2, 0.25) is 0 Å². The largest absolute Gasteiger partial charge is 0.322 e. The Morgan fingerprint density at radius 2 is 2.00 bits per heavy atom. The molecule has 3 aromatic rings. The van der Waals surface area contributed by atoms with Crippen molar-refractivity contribution in [2.45, 2.75) is 33.4 Å². The molecule has 2 amide bonds. The number of nitrogens with one attached hydrogen (secondary N) is 1. The number of hydrogen-bond donors (Lipinski definition) is 1. The average Bonchev–Trinajstić information content (AvgIpc) is 2.68. The predicted octanol–water partition coefficient (Wildman–Crippen LogP) is 4.60. The predicted molar refractivity (Wildman–Crippen MR) is 113 cm³/mol. The zero-order valence-corrected chi connectivity index (χ0v) is 17.1. The number of rotatable bonds is 4. The number of anilines is 1. The van der Waals surface area contributed by atoms with Crippen molar-refractivity contribution in [1.82, 2.24) is 14.5 Å². The molecule has 6 nitrogen and oxygen atoms in total. The number of benzene rings is 2. The number of fused-ring (bicyclic) bond motifs is 1. The molecule has 1 N–H and O–H groups in total. The van der Waals surface area contributed by atoms with Gasteiger partial charge in [-0.1, -0.05) is 29.8 Å². The van der Waals surface area contributed by atoms with Crippen molar-refractivity contribution < 1.29 is 4.79 Å². The van der Waals surface area contributed by atoms with Crippen molar-refractivity contribution in [2.75, 3.05) is 12.4 Å². The van der Waals surface area contributed by atoms with Gasteiger partial charge in [0.05, 0.1) is 16.9 Å². The summed E-state index contributed by atoms with van der Waals surface area (Å²) >= 11 is 6.03. The summed E-state index contributed by atoms with van der Waals surface area (Å²) in [6.45, 7) is 6.11. The summed E-state index contributed by atoms with van der Waals surface area (Å²) < 4.78 is 1.58. The van der Waals surface area contributed by atoms with Crippen LogP contribution in [0.2, 0.25) is 5.02 Å². The monoisotopic (exact) mass is 398 g/mol. The number of urea groups is 1. The second kappa shape index (κ2) is 8.02. The van der Waals surface area contributed by atoms with Crippen molar-refractivity contribution in [3.05, 3.63) is 69.2 Å². The molecule has 2 aromatic carbocycles. The fraction of sp³-hybridized carbons (Fsp3) is 0.286. The van der Waals surface area contributed by atoms with Crippen molar-refractivity contribution in [3.8, 4) is 0 Å². The molecule has 0 fully saturated rings. The van der Waals surface area contributed by atoms with E-state index in [1.807, 2.05) is 45.0 Å². The van der Waals surface area contributed by atoms with E-state index < -0.39 is 6.04 Å². The van der Waals surface area contributed by atoms with Crippen LogP contribution in [-0.4, -0.2) is 27.5 Å². The minimum Gasteiger partial charge on any atom is -0.318 e. The molecular weight excluding hydrogens is 376 g/mol. The van der Waals surface area contributed by atoms with Gasteiger partial charge in [-0.05, 0) is 50.6 Å². The maximum Gasteiger partial charge on any atom is 0.322 e. The van der Waals surface area contributed by atoms with Gasteiger partial charge in [-0.2, -0.15) is 0 Å². The van der Waals surface area contributed by atoms with Gasteiger partial charge in [0, 0.05) is 24.3 Å². The van der Waals surface area contributed by atoms with Gasteiger partial charge < -0.3 is 10.2 Å². The van der Waals surface area contributed by atoms with Crippen LogP contribution in [0.25, 0.3) is 10.9 Å². The number of aromatic nitrogens is 2. The minimum absolute atomic E-state index is 0.162. The van der Waals surface area contributed by atoms with E-state index in [0.717, 1.165) is 11.3 Å². The second-order valence-corrected chi connectivity index (χ2v) is 7.15. The van der Waals surface area contributed by atoms with Crippen LogP contribution in [0.3, 0.4) is 0 Å². The molecule has 0 aliphatic heterocycles. The molecular formula is C21H23ClN4O2. The van der Waals surface area contributed by atoms with Gasteiger partial charge in [0.15, 0.2) is 0 Å². The molecule has 1 aromatic heterocycles. The summed E-state index contributed by atoms with van der Waals surface area (Å²) in [4.78, 5) is 31.9. The molecule has 0 saturated heterocycles. The van der Waals surface area contributed by atoms with E-state index in [1.165, 1.54) is 0 Å². The Kier molecular flexibility index (Phi) is 5.70. The number of amides is 2. The SMILES string of the molecule is CCn1c(C(C)N(C)C(=O)Nc2ccccc2C)nc2ccc(Cl)cc2c1=O. The third-order valence-electron chi connectivity index (χ3n) is 4.92. The number of carbonyl (C=O) groups excluding carboxylic acids is 1. The van der Waals surface area contributed by atoms with E-state index in [4.69, 9.17) is 11.6 Å². The first-order valence-electron chi connectivity index (χ1n) is 9.13. The molecule has 1 unspecified atom stereocenters. The molecule has 0 aliphatic carbocycles. The average molecular weight is 399 g/mol. The third-order valence-corrected chi connectivity index (χ3v) is 5.16. The van der Waals surface area contributed by atoms with Gasteiger partial charge in [0.25, 0.3) is 5.56 Å². The Balaban J connectivity index is 1.96. The minimum atomic E-state index is -0.406. The van der Waals surface area contributed by atoms with Crippen molar-refractivity contribution in [1.29, 1.82) is 0 Å². The number of para-hydroxylation sites is 1. The quantitative estimate of drug-likeness (QED) is 0.698. The molecule has 0 bridgehead atoms. The van der Waals surface area contributed by atoms with E-state index in [-0.39, 0.29) is 11.6 Å². The Bertz CT molecular complexity index is 1090. The fourth-order valence-corrected chi connectivity index (χ4v) is 3.27. The first-order chi connectivity index (χ1) is 13.3. The fourth-order valence-electron chi connectivity index (χ4n) is 3.10. The Hall–Kier alpha value is -2.86. The second-order valence-electron chi connectivity index (χ2n) is 6.71. The summed E-state index contributed by atoms with van der Waals surface area (Å²) in [5, 5.41) is 3.87. The number of hydrogen-bond acceptors (Lipinski definition) is 3. The van der Waals surface area contributed by atoms with E-state index in [2.05, 4.69) is 10.3 Å². The van der Waals surface area contributed by atoms with Gasteiger partial charge in [-0.25, -0.2) is 9.78 Å². The molecule has 3 rings (SSSR count). The first-order valence-corrected chi connectivity index (χ1v) is 9.50. The Morgan fingerprint density at radius 3 is 2.68 bits per heavy atom. The van der Waals surface area contributed by atoms with Crippen molar-refractivity contribution in [2.24, 2.45) is 0 Å². The maximum atomic E-state index is 12.9. The first kappa shape index (κ1) is 19.9. The topological polar surface area (TPSA) is 67.2 Å². The van der Waals surface area contributed by atoms with Gasteiger partial charge in [-0.15, -0.1) is 0 Å². The molecule has 0 aliphatic rings. The van der Waals surface area contributed by atoms with Crippen LogP contribution >= 0.6 is 11.6 Å². The van der Waals surface area contributed by atoms with Crippen LogP contribution in [-0.2, 0) is 6.54 Å². The lowest BCUT2D eigenvalue weighted by Crippen LogP contribution is -2.37. The molecule has 28 heavy (non-hydrogen) atoms. The molecule has 0 radical (unpaired) electrons. The summed E-state index contributed by atoms with van der Waals surface area (Å²) in [5.74, 6) is 0.532. The normalized spacial score (nSPS) is 12.0. The van der Waals surface area contributed by atoms with E-state index in [0.29, 0.717) is 28.3 Å². The van der Waals surface area contributed by atoms with E-state index in [9.17, 15) is 9.59 Å². The van der Waals surface area contributed by atoms with Crippen molar-refractivity contribution >= 4 is 34.2 Å². The highest BCUT2D eigenvalue weighted by atomic mass is 35.5. The number of carbonyl (C=O) groups is 1. The molecule has 146 valence electrons. The standard InChI is InChI=1S/C21H23ClN4O2/c1-5-26-19(23-18-11-10-15(22)12-16(18)20(26)27)14(3)25(4)21(28)24-17-9-7-6-8-13(17)2/h6-12,14H,5H2,1-4H3,(H,24,28). The van der Waals surface area contributed by atoms with Crippen LogP contribution in [0, 0.1) is 6.92 Å². The van der Waals surface area contributed by atoms with Gasteiger partial charge >= 0.3 is 6.03 Å².